The lowest BCUT2D eigenvalue weighted by Gasteiger charge is -2.51. The Hall–Kier alpha value is -3.02. The smallest absolute Gasteiger partial charge is 0.217 e. The lowest BCUT2D eigenvalue weighted by Crippen LogP contribution is -2.70. The van der Waals surface area contributed by atoms with Gasteiger partial charge in [0, 0.05) is 13.8 Å². The largest absolute Gasteiger partial charge is 0.394 e. The maximum Gasteiger partial charge on any atom is 0.217 e. The maximum absolute atomic E-state index is 13.0. The van der Waals surface area contributed by atoms with E-state index < -0.39 is 385 Å². The molecule has 0 aliphatic carbocycles. The van der Waals surface area contributed by atoms with E-state index >= 15 is 0 Å². The van der Waals surface area contributed by atoms with E-state index in [1.165, 1.54) is 0 Å². The molecule has 0 aromatic carbocycles. The predicted octanol–water partition coefficient (Wildman–Crippen LogP) is -22.9. The predicted molar refractivity (Wildman–Crippen MR) is 355 cm³/mol. The van der Waals surface area contributed by atoms with Crippen molar-refractivity contribution < 1.29 is 253 Å². The van der Waals surface area contributed by atoms with Crippen LogP contribution >= 0.6 is 0 Å². The highest BCUT2D eigenvalue weighted by Gasteiger charge is 2.61. The molecule has 0 aromatic rings. The molecule has 9 aliphatic heterocycles. The lowest BCUT2D eigenvalue weighted by molar-refractivity contribution is -0.408. The van der Waals surface area contributed by atoms with Gasteiger partial charge in [-0.1, -0.05) is 0 Å². The number of rotatable bonds is 34. The summed E-state index contributed by atoms with van der Waals surface area (Å²) < 4.78 is 105. The van der Waals surface area contributed by atoms with Gasteiger partial charge in [0.1, 0.15) is 238 Å². The molecular weight excluding hydrogens is 1610 g/mol. The van der Waals surface area contributed by atoms with Gasteiger partial charge in [-0.05, 0) is 0 Å². The minimum Gasteiger partial charge on any atom is -0.394 e. The van der Waals surface area contributed by atoms with Crippen LogP contribution in [0.2, 0.25) is 0 Å². The van der Waals surface area contributed by atoms with Gasteiger partial charge in [-0.25, -0.2) is 0 Å². The van der Waals surface area contributed by atoms with Crippen molar-refractivity contribution in [2.24, 2.45) is 0 Å². The Morgan fingerprint density at radius 1 is 0.291 bits per heavy atom. The summed E-state index contributed by atoms with van der Waals surface area (Å²) >= 11 is 0. The Bertz CT molecular complexity index is 2990. The second-order valence-corrected chi connectivity index (χ2v) is 29.3. The van der Waals surface area contributed by atoms with Crippen molar-refractivity contribution in [1.82, 2.24) is 10.6 Å². The first-order chi connectivity index (χ1) is 55.4. The van der Waals surface area contributed by atoms with E-state index in [1.54, 1.807) is 0 Å². The molecule has 0 unspecified atom stereocenters. The number of aliphatic hydroxyl groups is 31. The highest BCUT2D eigenvalue weighted by atomic mass is 16.8. The van der Waals surface area contributed by atoms with Crippen molar-refractivity contribution in [3.05, 3.63) is 0 Å². The van der Waals surface area contributed by atoms with Gasteiger partial charge in [-0.3, -0.25) is 9.59 Å². The molecule has 9 heterocycles. The van der Waals surface area contributed by atoms with E-state index in [0.717, 1.165) is 13.8 Å². The molecule has 682 valence electrons. The molecular formula is C64H110N2O51. The average molecular weight is 1720 g/mol. The van der Waals surface area contributed by atoms with Crippen molar-refractivity contribution in [2.75, 3.05) is 72.7 Å². The van der Waals surface area contributed by atoms with E-state index in [1.807, 2.05) is 0 Å². The fourth-order valence-corrected chi connectivity index (χ4v) is 14.6. The van der Waals surface area contributed by atoms with Crippen molar-refractivity contribution in [1.29, 1.82) is 0 Å². The molecule has 0 spiro atoms. The van der Waals surface area contributed by atoms with E-state index in [0.29, 0.717) is 0 Å². The zero-order chi connectivity index (χ0) is 86.4. The van der Waals surface area contributed by atoms with Gasteiger partial charge >= 0.3 is 0 Å². The number of carbonyl (C=O) groups is 2. The second-order valence-electron chi connectivity index (χ2n) is 29.3. The fourth-order valence-electron chi connectivity index (χ4n) is 14.6. The first-order valence-corrected chi connectivity index (χ1v) is 37.1. The van der Waals surface area contributed by atoms with Gasteiger partial charge in [0.2, 0.25) is 11.8 Å². The molecule has 53 heteroatoms. The molecule has 0 saturated carbocycles. The molecule has 9 rings (SSSR count). The van der Waals surface area contributed by atoms with Gasteiger partial charge < -0.3 is 254 Å². The lowest BCUT2D eigenvalue weighted by atomic mass is 9.94. The molecule has 2 amide bonds. The normalized spacial score (nSPS) is 48.6. The number of amides is 2. The van der Waals surface area contributed by atoms with Crippen molar-refractivity contribution in [3.63, 3.8) is 0 Å². The monoisotopic (exact) mass is 1720 g/mol. The molecule has 0 radical (unpaired) electrons. The second kappa shape index (κ2) is 43.3. The summed E-state index contributed by atoms with van der Waals surface area (Å²) in [5, 5.41) is 346. The number of nitrogens with one attached hydrogen (secondary N) is 2. The SMILES string of the molecule is CC(=O)N[C@H]1[C@H](O[C@@H]([C@H](O)[C@H](CO)NC(C)=O)[C@H](O)CO)O[C@H](CO)[C@@H](O[C@@H]2O[C@H](CO[C@H]3O[C@H](CO[C@H]4O[C@H](CO)[C@@H](O)[C@H](O)[C@@H]4O[C@H]4O[C@H](CO)[C@@H](O)[C@H](O)[C@@H]4O)[C@@H](O)[C@H](O[C@H]4O[C@H](CO)[C@@H](O)[C@H](O)[C@@H]4O)[C@@H]3O)[C@@H](O)[C@H](O[C@H]3O[C@H](CO)[C@@H](O)[C@H](O)[C@@H]3O[C@H]3O[C@H](CO)[C@@H](O)[C@H](O)[C@@H]3O[C@H]3O[C@H](CO)[C@@H](O)[C@H](O)[C@@H]3O)[C@@H]2O)[C@@H]1O. The fraction of sp³-hybridized carbons (Fsp3) is 0.969. The summed E-state index contributed by atoms with van der Waals surface area (Å²) in [6, 6.07) is -3.70. The molecule has 49 atom stereocenters. The number of aliphatic hydroxyl groups excluding tert-OH is 31. The zero-order valence-corrected chi connectivity index (χ0v) is 62.1. The van der Waals surface area contributed by atoms with Gasteiger partial charge in [0.15, 0.2) is 56.6 Å². The molecule has 9 fully saturated rings. The minimum absolute atomic E-state index is 0.831. The standard InChI is InChI=1S/C64H110N2O51/c1-14(76)65-16(3-67)28(79)49(17(78)4-68)111-56-27(66-15(2)77)37(88)50(24(11-75)108-56)112-61-48(99)52(114-63-55(43(94)34(85)22(9-73)106-63)117-64-54(42(93)33(84)23(10-74)107-64)116-60-46(97)40(91)31(82)20(7-71)104-60)36(87)26(110-61)12-100-57-47(98)51(113-58-44(95)38(89)29(80)18(5-69)102-58)35(86)25(109-57)13-101-62-53(41(92)32(83)21(8-72)105-62)115-59-45(96)39(90)30(81)19(6-70)103-59/h16-64,67-75,78-99H,3-13H2,1-2H3,(H,65,76)(H,66,77)/t16-,17+,18+,19+,20+,21+,22+,23+,24+,25+,26+,27+,28+,29+,30+,31+,32+,33+,34+,35+,36+,37+,38-,39-,40-,41-,42-,43-,44-,45-,46-,47-,48-,49+,50+,51-,52-,53-,54-,55-,56-,57-,58+,59+,60+,61-,62-,63+,64+/m0/s1. The maximum atomic E-state index is 13.0. The van der Waals surface area contributed by atoms with Crippen LogP contribution < -0.4 is 10.6 Å². The van der Waals surface area contributed by atoms with Crippen LogP contribution in [-0.2, 0) is 94.9 Å². The van der Waals surface area contributed by atoms with Crippen molar-refractivity contribution in [3.8, 4) is 0 Å². The Morgan fingerprint density at radius 3 is 0.966 bits per heavy atom. The van der Waals surface area contributed by atoms with E-state index in [4.69, 9.17) is 85.3 Å². The molecule has 33 N–H and O–H groups in total. The highest BCUT2D eigenvalue weighted by Crippen LogP contribution is 2.40. The Balaban J connectivity index is 1.08. The van der Waals surface area contributed by atoms with Gasteiger partial charge in [-0.15, -0.1) is 0 Å². The third kappa shape index (κ3) is 21.7. The summed E-state index contributed by atoms with van der Waals surface area (Å²) in [6.45, 7) is -10.7. The Labute approximate surface area is 661 Å². The van der Waals surface area contributed by atoms with E-state index in [2.05, 4.69) is 10.6 Å². The number of ether oxygens (including phenoxy) is 18. The van der Waals surface area contributed by atoms with Crippen LogP contribution in [0.4, 0.5) is 0 Å². The van der Waals surface area contributed by atoms with Crippen LogP contribution in [0.25, 0.3) is 0 Å². The number of carbonyl (C=O) groups excluding carboxylic acids is 2. The van der Waals surface area contributed by atoms with E-state index in [-0.39, 0.29) is 0 Å². The number of hydrogen-bond acceptors (Lipinski definition) is 51. The number of hydrogen-bond donors (Lipinski definition) is 33. The molecule has 9 saturated heterocycles. The van der Waals surface area contributed by atoms with E-state index in [9.17, 15) is 168 Å². The Morgan fingerprint density at radius 2 is 0.590 bits per heavy atom. The summed E-state index contributed by atoms with van der Waals surface area (Å²) in [4.78, 5) is 25.1. The van der Waals surface area contributed by atoms with Crippen molar-refractivity contribution >= 4 is 11.8 Å². The van der Waals surface area contributed by atoms with Crippen LogP contribution in [-0.4, -0.2) is 543 Å². The first kappa shape index (κ1) is 97.8. The van der Waals surface area contributed by atoms with Crippen molar-refractivity contribution in [2.45, 2.75) is 314 Å². The molecule has 117 heavy (non-hydrogen) atoms. The minimum atomic E-state index is -2.66. The van der Waals surface area contributed by atoms with Crippen LogP contribution in [0.1, 0.15) is 13.8 Å². The van der Waals surface area contributed by atoms with Crippen LogP contribution in [0.15, 0.2) is 0 Å². The van der Waals surface area contributed by atoms with Crippen LogP contribution in [0, 0.1) is 0 Å². The molecule has 53 nitrogen and oxygen atoms in total. The zero-order valence-electron chi connectivity index (χ0n) is 62.1. The topological polar surface area (TPSA) is 851 Å². The van der Waals surface area contributed by atoms with Gasteiger partial charge in [0.05, 0.1) is 78.7 Å². The third-order valence-corrected chi connectivity index (χ3v) is 21.3. The van der Waals surface area contributed by atoms with Crippen LogP contribution in [0.5, 0.6) is 0 Å². The third-order valence-electron chi connectivity index (χ3n) is 21.3. The van der Waals surface area contributed by atoms with Gasteiger partial charge in [0.25, 0.3) is 0 Å². The average Bonchev–Trinajstić information content (AvgIpc) is 0.767. The Kier molecular flexibility index (Phi) is 36.1. The summed E-state index contributed by atoms with van der Waals surface area (Å²) in [5.41, 5.74) is 0. The first-order valence-electron chi connectivity index (χ1n) is 37.1. The summed E-state index contributed by atoms with van der Waals surface area (Å²) in [5.74, 6) is -1.84. The molecule has 0 bridgehead atoms. The summed E-state index contributed by atoms with van der Waals surface area (Å²) in [6.07, 6.45) is -103. The summed E-state index contributed by atoms with van der Waals surface area (Å²) in [7, 11) is 0. The van der Waals surface area contributed by atoms with Gasteiger partial charge in [-0.2, -0.15) is 0 Å². The molecule has 0 aromatic heterocycles. The molecule has 9 aliphatic rings. The highest BCUT2D eigenvalue weighted by molar-refractivity contribution is 5.73. The van der Waals surface area contributed by atoms with Crippen LogP contribution in [0.3, 0.4) is 0 Å². The quantitative estimate of drug-likeness (QED) is 0.0284.